The molecule has 6 heteroatoms. The first-order valence-corrected chi connectivity index (χ1v) is 7.69. The highest BCUT2D eigenvalue weighted by molar-refractivity contribution is 7.12. The van der Waals surface area contributed by atoms with Gasteiger partial charge in [0.1, 0.15) is 11.5 Å². The van der Waals surface area contributed by atoms with Gasteiger partial charge in [-0.2, -0.15) is 0 Å². The van der Waals surface area contributed by atoms with Gasteiger partial charge >= 0.3 is 12.0 Å². The number of carbonyl (C=O) groups excluding carboxylic acids is 2. The molecule has 2 rings (SSSR count). The van der Waals surface area contributed by atoms with Crippen LogP contribution in [0.4, 0.5) is 4.79 Å². The lowest BCUT2D eigenvalue weighted by Crippen LogP contribution is -2.41. The van der Waals surface area contributed by atoms with Crippen LogP contribution in [-0.2, 0) is 4.74 Å². The van der Waals surface area contributed by atoms with Crippen LogP contribution in [0.5, 0.6) is 0 Å². The fraction of sp³-hybridized carbons (Fsp3) is 0.571. The molecule has 0 spiro atoms. The van der Waals surface area contributed by atoms with Crippen molar-refractivity contribution >= 4 is 23.3 Å². The topological polar surface area (TPSA) is 72.6 Å². The molecule has 0 aromatic carbocycles. The average molecular weight is 296 g/mol. The number of amides is 2. The maximum Gasteiger partial charge on any atom is 0.348 e. The molecular weight excluding hydrogens is 276 g/mol. The van der Waals surface area contributed by atoms with Crippen LogP contribution in [0, 0.1) is 0 Å². The van der Waals surface area contributed by atoms with Crippen molar-refractivity contribution in [3.63, 3.8) is 0 Å². The summed E-state index contributed by atoms with van der Waals surface area (Å²) < 4.78 is 5.36. The molecule has 1 aromatic heterocycles. The van der Waals surface area contributed by atoms with Gasteiger partial charge in [0, 0.05) is 6.54 Å². The van der Waals surface area contributed by atoms with Crippen LogP contribution >= 0.6 is 11.3 Å². The third-order valence-corrected chi connectivity index (χ3v) is 4.48. The Balaban J connectivity index is 1.95. The van der Waals surface area contributed by atoms with Crippen LogP contribution in [0.1, 0.15) is 47.8 Å². The molecular formula is C14H20N2O3S. The van der Waals surface area contributed by atoms with Gasteiger partial charge in [-0.3, -0.25) is 0 Å². The Morgan fingerprint density at radius 1 is 1.55 bits per heavy atom. The van der Waals surface area contributed by atoms with E-state index in [0.29, 0.717) is 11.4 Å². The van der Waals surface area contributed by atoms with Gasteiger partial charge in [0.2, 0.25) is 0 Å². The lowest BCUT2D eigenvalue weighted by molar-refractivity contribution is 0.0426. The molecule has 1 saturated heterocycles. The van der Waals surface area contributed by atoms with E-state index in [1.807, 2.05) is 25.3 Å². The minimum absolute atomic E-state index is 0.0843. The number of esters is 1. The van der Waals surface area contributed by atoms with Crippen LogP contribution in [0.15, 0.2) is 11.4 Å². The van der Waals surface area contributed by atoms with Crippen molar-refractivity contribution < 1.29 is 14.3 Å². The van der Waals surface area contributed by atoms with Gasteiger partial charge in [0.05, 0.1) is 6.04 Å². The minimum atomic E-state index is -0.442. The zero-order valence-electron chi connectivity index (χ0n) is 11.8. The van der Waals surface area contributed by atoms with Crippen molar-refractivity contribution in [1.29, 1.82) is 0 Å². The Hall–Kier alpha value is -1.56. The Morgan fingerprint density at radius 2 is 2.30 bits per heavy atom. The first-order valence-electron chi connectivity index (χ1n) is 6.81. The van der Waals surface area contributed by atoms with Crippen LogP contribution in [-0.4, -0.2) is 36.1 Å². The van der Waals surface area contributed by atoms with E-state index < -0.39 is 6.03 Å². The summed E-state index contributed by atoms with van der Waals surface area (Å²) in [5.41, 5.74) is 6.31. The number of nitrogens with zero attached hydrogens (tertiary/aromatic N) is 1. The molecule has 1 aromatic rings. The molecule has 1 atom stereocenters. The molecule has 1 fully saturated rings. The second-order valence-corrected chi connectivity index (χ2v) is 6.20. The summed E-state index contributed by atoms with van der Waals surface area (Å²) in [5.74, 6) is -0.0163. The van der Waals surface area contributed by atoms with E-state index in [4.69, 9.17) is 10.5 Å². The average Bonchev–Trinajstić information content (AvgIpc) is 3.04. The van der Waals surface area contributed by atoms with Gasteiger partial charge < -0.3 is 15.4 Å². The predicted octanol–water partition coefficient (Wildman–Crippen LogP) is 2.57. The van der Waals surface area contributed by atoms with Crippen LogP contribution in [0.2, 0.25) is 0 Å². The fourth-order valence-electron chi connectivity index (χ4n) is 2.48. The van der Waals surface area contributed by atoms with E-state index in [9.17, 15) is 9.59 Å². The number of carbonyl (C=O) groups is 2. The Morgan fingerprint density at radius 3 is 2.95 bits per heavy atom. The predicted molar refractivity (Wildman–Crippen MR) is 78.0 cm³/mol. The van der Waals surface area contributed by atoms with Crippen molar-refractivity contribution in [3.8, 4) is 0 Å². The van der Waals surface area contributed by atoms with Crippen molar-refractivity contribution in [2.75, 3.05) is 13.2 Å². The lowest BCUT2D eigenvalue weighted by atomic mass is 10.0. The second-order valence-electron chi connectivity index (χ2n) is 5.29. The molecule has 0 saturated carbocycles. The summed E-state index contributed by atoms with van der Waals surface area (Å²) in [5, 5.41) is 1.90. The summed E-state index contributed by atoms with van der Waals surface area (Å²) in [6, 6.07) is 1.43. The second kappa shape index (κ2) is 6.26. The van der Waals surface area contributed by atoms with Crippen LogP contribution in [0.25, 0.3) is 0 Å². The van der Waals surface area contributed by atoms with Crippen molar-refractivity contribution in [2.45, 2.75) is 38.6 Å². The summed E-state index contributed by atoms with van der Waals surface area (Å²) in [6.45, 7) is 4.96. The number of likely N-dealkylation sites (tertiary alicyclic amines) is 1. The summed E-state index contributed by atoms with van der Waals surface area (Å²) in [7, 11) is 0. The Kier molecular flexibility index (Phi) is 4.65. The zero-order valence-corrected chi connectivity index (χ0v) is 12.6. The van der Waals surface area contributed by atoms with E-state index in [2.05, 4.69) is 0 Å². The number of nitrogens with two attached hydrogens (primary N) is 1. The zero-order chi connectivity index (χ0) is 14.7. The molecule has 2 heterocycles. The normalized spacial score (nSPS) is 18.6. The van der Waals surface area contributed by atoms with E-state index in [1.54, 1.807) is 4.90 Å². The monoisotopic (exact) mass is 296 g/mol. The Labute approximate surface area is 122 Å². The van der Waals surface area contributed by atoms with Gasteiger partial charge in [-0.1, -0.05) is 13.8 Å². The number of urea groups is 1. The number of hydrogen-bond donors (Lipinski definition) is 1. The SMILES string of the molecule is CC(C)c1ccsc1C(=O)OC[C@H]1CCCN1C(N)=O. The quantitative estimate of drug-likeness (QED) is 0.868. The number of rotatable bonds is 4. The van der Waals surface area contributed by atoms with Gasteiger partial charge in [-0.25, -0.2) is 9.59 Å². The number of primary amides is 1. The Bertz CT molecular complexity index is 498. The first kappa shape index (κ1) is 14.8. The molecule has 1 aliphatic rings. The highest BCUT2D eigenvalue weighted by Crippen LogP contribution is 2.26. The van der Waals surface area contributed by atoms with Crippen molar-refractivity contribution in [2.24, 2.45) is 5.73 Å². The first-order chi connectivity index (χ1) is 9.50. The highest BCUT2D eigenvalue weighted by atomic mass is 32.1. The minimum Gasteiger partial charge on any atom is -0.459 e. The molecule has 2 N–H and O–H groups in total. The van der Waals surface area contributed by atoms with E-state index in [-0.39, 0.29) is 24.5 Å². The fourth-order valence-corrected chi connectivity index (χ4v) is 3.42. The van der Waals surface area contributed by atoms with Gasteiger partial charge in [-0.15, -0.1) is 11.3 Å². The molecule has 2 amide bonds. The molecule has 0 bridgehead atoms. The standard InChI is InChI=1S/C14H20N2O3S/c1-9(2)11-5-7-20-12(11)13(17)19-8-10-4-3-6-16(10)14(15)18/h5,7,9-10H,3-4,6,8H2,1-2H3,(H2,15,18)/t10-/m1/s1. The largest absolute Gasteiger partial charge is 0.459 e. The van der Waals surface area contributed by atoms with Crippen molar-refractivity contribution in [3.05, 3.63) is 21.9 Å². The van der Waals surface area contributed by atoms with Gasteiger partial charge in [-0.05, 0) is 35.8 Å². The molecule has 1 aliphatic heterocycles. The van der Waals surface area contributed by atoms with E-state index in [1.165, 1.54) is 11.3 Å². The van der Waals surface area contributed by atoms with Crippen LogP contribution in [0.3, 0.4) is 0 Å². The summed E-state index contributed by atoms with van der Waals surface area (Å²) in [4.78, 5) is 25.6. The van der Waals surface area contributed by atoms with Gasteiger partial charge in [0.15, 0.2) is 0 Å². The molecule has 0 radical (unpaired) electrons. The number of ether oxygens (including phenoxy) is 1. The van der Waals surface area contributed by atoms with Crippen LogP contribution < -0.4 is 5.73 Å². The third kappa shape index (κ3) is 3.12. The summed E-state index contributed by atoms with van der Waals surface area (Å²) in [6.07, 6.45) is 1.74. The molecule has 20 heavy (non-hydrogen) atoms. The van der Waals surface area contributed by atoms with Crippen molar-refractivity contribution in [1.82, 2.24) is 4.90 Å². The smallest absolute Gasteiger partial charge is 0.348 e. The molecule has 110 valence electrons. The maximum atomic E-state index is 12.1. The number of hydrogen-bond acceptors (Lipinski definition) is 4. The summed E-state index contributed by atoms with van der Waals surface area (Å²) >= 11 is 1.40. The lowest BCUT2D eigenvalue weighted by Gasteiger charge is -2.22. The van der Waals surface area contributed by atoms with Gasteiger partial charge in [0.25, 0.3) is 0 Å². The highest BCUT2D eigenvalue weighted by Gasteiger charge is 2.28. The van der Waals surface area contributed by atoms with E-state index in [0.717, 1.165) is 18.4 Å². The molecule has 5 nitrogen and oxygen atoms in total. The van der Waals surface area contributed by atoms with E-state index >= 15 is 0 Å². The molecule has 0 unspecified atom stereocenters. The molecule has 0 aliphatic carbocycles. The third-order valence-electron chi connectivity index (χ3n) is 3.57. The maximum absolute atomic E-state index is 12.1. The number of thiophene rings is 1.